The number of rotatable bonds is 3. The molecule has 86 valence electrons. The Morgan fingerprint density at radius 3 is 3.00 bits per heavy atom. The summed E-state index contributed by atoms with van der Waals surface area (Å²) in [5, 5.41) is 3.43. The average Bonchev–Trinajstić information content (AvgIpc) is 2.76. The van der Waals surface area contributed by atoms with Crippen molar-refractivity contribution in [3.8, 4) is 0 Å². The molecule has 1 N–H and O–H groups in total. The first-order chi connectivity index (χ1) is 7.68. The maximum absolute atomic E-state index is 13.4. The third kappa shape index (κ3) is 2.42. The van der Waals surface area contributed by atoms with Crippen LogP contribution >= 0.6 is 11.6 Å². The Kier molecular flexibility index (Phi) is 3.56. The highest BCUT2D eigenvalue weighted by Gasteiger charge is 2.23. The summed E-state index contributed by atoms with van der Waals surface area (Å²) in [6.07, 6.45) is 1.91. The zero-order chi connectivity index (χ0) is 11.5. The lowest BCUT2D eigenvalue weighted by Gasteiger charge is -2.10. The van der Waals surface area contributed by atoms with Gasteiger partial charge in [-0.1, -0.05) is 17.7 Å². The summed E-state index contributed by atoms with van der Waals surface area (Å²) in [6.45, 7) is 0.863. The largest absolute Gasteiger partial charge is 0.307 e. The number of halogens is 2. The normalized spacial score (nSPS) is 20.0. The van der Waals surface area contributed by atoms with Crippen molar-refractivity contribution in [2.75, 3.05) is 6.54 Å². The Morgan fingerprint density at radius 1 is 1.56 bits per heavy atom. The molecule has 1 unspecified atom stereocenters. The second-order valence-electron chi connectivity index (χ2n) is 3.99. The van der Waals surface area contributed by atoms with Crippen molar-refractivity contribution in [1.29, 1.82) is 0 Å². The number of carbonyl (C=O) groups is 1. The number of Topliss-reactive ketones (excluding diaryl/α,β-unsaturated/α-hetero) is 1. The average molecular weight is 242 g/mol. The topological polar surface area (TPSA) is 29.1 Å². The molecule has 1 fully saturated rings. The van der Waals surface area contributed by atoms with Crippen molar-refractivity contribution in [3.63, 3.8) is 0 Å². The highest BCUT2D eigenvalue weighted by Crippen LogP contribution is 2.21. The van der Waals surface area contributed by atoms with Crippen molar-refractivity contribution in [3.05, 3.63) is 34.6 Å². The molecule has 2 nitrogen and oxygen atoms in total. The van der Waals surface area contributed by atoms with Crippen LogP contribution < -0.4 is 5.32 Å². The van der Waals surface area contributed by atoms with Gasteiger partial charge >= 0.3 is 0 Å². The van der Waals surface area contributed by atoms with Gasteiger partial charge in [0.05, 0.1) is 6.04 Å². The van der Waals surface area contributed by atoms with E-state index in [2.05, 4.69) is 5.32 Å². The molecule has 4 heteroatoms. The quantitative estimate of drug-likeness (QED) is 0.880. The first-order valence-electron chi connectivity index (χ1n) is 5.37. The number of carbonyl (C=O) groups excluding carboxylic acids is 1. The minimum absolute atomic E-state index is 0.0181. The lowest BCUT2D eigenvalue weighted by molar-refractivity contribution is -0.120. The van der Waals surface area contributed by atoms with Crippen LogP contribution in [0.15, 0.2) is 18.2 Å². The third-order valence-corrected chi connectivity index (χ3v) is 3.22. The molecule has 0 aromatic heterocycles. The van der Waals surface area contributed by atoms with Crippen LogP contribution in [-0.4, -0.2) is 18.4 Å². The standard InChI is InChI=1S/C12H13ClFNO/c13-9-3-1-4-10(14)8(9)7-12(16)11-5-2-6-15-11/h1,3-4,11,15H,2,5-7H2. The van der Waals surface area contributed by atoms with Gasteiger partial charge in [-0.25, -0.2) is 4.39 Å². The Labute approximate surface area is 98.8 Å². The van der Waals surface area contributed by atoms with Gasteiger partial charge in [0.15, 0.2) is 5.78 Å². The number of benzene rings is 1. The summed E-state index contributed by atoms with van der Waals surface area (Å²) >= 11 is 5.87. The van der Waals surface area contributed by atoms with Crippen LogP contribution in [0, 0.1) is 5.82 Å². The van der Waals surface area contributed by atoms with Gasteiger partial charge in [0, 0.05) is 17.0 Å². The molecule has 2 rings (SSSR count). The first kappa shape index (κ1) is 11.6. The van der Waals surface area contributed by atoms with E-state index in [1.54, 1.807) is 12.1 Å². The molecule has 1 atom stereocenters. The Morgan fingerprint density at radius 2 is 2.38 bits per heavy atom. The molecule has 16 heavy (non-hydrogen) atoms. The predicted molar refractivity (Wildman–Crippen MR) is 61.1 cm³/mol. The molecule has 1 aromatic rings. The van der Waals surface area contributed by atoms with Gasteiger partial charge in [0.1, 0.15) is 5.82 Å². The highest BCUT2D eigenvalue weighted by atomic mass is 35.5. The lowest BCUT2D eigenvalue weighted by atomic mass is 10.0. The zero-order valence-corrected chi connectivity index (χ0v) is 9.56. The van der Waals surface area contributed by atoms with E-state index in [0.29, 0.717) is 10.6 Å². The summed E-state index contributed by atoms with van der Waals surface area (Å²) in [5.74, 6) is -0.386. The smallest absolute Gasteiger partial charge is 0.154 e. The Balaban J connectivity index is 2.11. The third-order valence-electron chi connectivity index (χ3n) is 2.86. The predicted octanol–water partition coefficient (Wildman–Crippen LogP) is 2.34. The van der Waals surface area contributed by atoms with E-state index < -0.39 is 5.82 Å². The van der Waals surface area contributed by atoms with Crippen LogP contribution in [-0.2, 0) is 11.2 Å². The molecule has 0 saturated carbocycles. The molecule has 1 aromatic carbocycles. The fraction of sp³-hybridized carbons (Fsp3) is 0.417. The van der Waals surface area contributed by atoms with Gasteiger partial charge < -0.3 is 5.32 Å². The van der Waals surface area contributed by atoms with Crippen LogP contribution in [0.5, 0.6) is 0 Å². The van der Waals surface area contributed by atoms with Gasteiger partial charge in [-0.3, -0.25) is 4.79 Å². The molecular weight excluding hydrogens is 229 g/mol. The molecule has 0 spiro atoms. The molecule has 1 aliphatic rings. The molecular formula is C12H13ClFNO. The van der Waals surface area contributed by atoms with Crippen molar-refractivity contribution in [2.45, 2.75) is 25.3 Å². The molecule has 0 amide bonds. The summed E-state index contributed by atoms with van der Waals surface area (Å²) in [5.41, 5.74) is 0.308. The molecule has 0 radical (unpaired) electrons. The second-order valence-corrected chi connectivity index (χ2v) is 4.40. The molecule has 1 heterocycles. The van der Waals surface area contributed by atoms with Crippen molar-refractivity contribution in [1.82, 2.24) is 5.32 Å². The van der Waals surface area contributed by atoms with Crippen LogP contribution in [0.25, 0.3) is 0 Å². The summed E-state index contributed by atoms with van der Waals surface area (Å²) in [4.78, 5) is 11.8. The Hall–Kier alpha value is -0.930. The minimum Gasteiger partial charge on any atom is -0.307 e. The van der Waals surface area contributed by atoms with E-state index in [4.69, 9.17) is 11.6 Å². The van der Waals surface area contributed by atoms with Crippen LogP contribution in [0.3, 0.4) is 0 Å². The van der Waals surface area contributed by atoms with Crippen LogP contribution in [0.4, 0.5) is 4.39 Å². The van der Waals surface area contributed by atoms with E-state index in [-0.39, 0.29) is 18.2 Å². The second kappa shape index (κ2) is 4.93. The number of ketones is 1. The van der Waals surface area contributed by atoms with E-state index in [1.165, 1.54) is 6.07 Å². The summed E-state index contributed by atoms with van der Waals surface area (Å²) in [6, 6.07) is 4.35. The van der Waals surface area contributed by atoms with Crippen molar-refractivity contribution < 1.29 is 9.18 Å². The molecule has 1 aliphatic heterocycles. The van der Waals surface area contributed by atoms with Crippen molar-refractivity contribution >= 4 is 17.4 Å². The van der Waals surface area contributed by atoms with Gasteiger partial charge in [0.2, 0.25) is 0 Å². The first-order valence-corrected chi connectivity index (χ1v) is 5.75. The van der Waals surface area contributed by atoms with Crippen molar-refractivity contribution in [2.24, 2.45) is 0 Å². The summed E-state index contributed by atoms with van der Waals surface area (Å²) in [7, 11) is 0. The number of hydrogen-bond donors (Lipinski definition) is 1. The summed E-state index contributed by atoms with van der Waals surface area (Å²) < 4.78 is 13.4. The number of nitrogens with one attached hydrogen (secondary N) is 1. The van der Waals surface area contributed by atoms with E-state index >= 15 is 0 Å². The van der Waals surface area contributed by atoms with E-state index in [0.717, 1.165) is 19.4 Å². The molecule has 0 aliphatic carbocycles. The van der Waals surface area contributed by atoms with Gasteiger partial charge in [0.25, 0.3) is 0 Å². The lowest BCUT2D eigenvalue weighted by Crippen LogP contribution is -2.32. The monoisotopic (exact) mass is 241 g/mol. The zero-order valence-electron chi connectivity index (χ0n) is 8.80. The van der Waals surface area contributed by atoms with Crippen LogP contribution in [0.2, 0.25) is 5.02 Å². The van der Waals surface area contributed by atoms with Crippen LogP contribution in [0.1, 0.15) is 18.4 Å². The van der Waals surface area contributed by atoms with E-state index in [9.17, 15) is 9.18 Å². The maximum atomic E-state index is 13.4. The molecule has 1 saturated heterocycles. The SMILES string of the molecule is O=C(Cc1c(F)cccc1Cl)C1CCCN1. The minimum atomic E-state index is -0.404. The maximum Gasteiger partial charge on any atom is 0.154 e. The highest BCUT2D eigenvalue weighted by molar-refractivity contribution is 6.31. The molecule has 0 bridgehead atoms. The van der Waals surface area contributed by atoms with Gasteiger partial charge in [-0.15, -0.1) is 0 Å². The number of hydrogen-bond acceptors (Lipinski definition) is 2. The van der Waals surface area contributed by atoms with Gasteiger partial charge in [-0.2, -0.15) is 0 Å². The van der Waals surface area contributed by atoms with Gasteiger partial charge in [-0.05, 0) is 31.5 Å². The van der Waals surface area contributed by atoms with E-state index in [1.807, 2.05) is 0 Å². The fourth-order valence-electron chi connectivity index (χ4n) is 1.96. The Bertz CT molecular complexity index is 382. The fourth-order valence-corrected chi connectivity index (χ4v) is 2.19.